The lowest BCUT2D eigenvalue weighted by Gasteiger charge is -2.42. The minimum atomic E-state index is -0.363. The van der Waals surface area contributed by atoms with Gasteiger partial charge in [-0.15, -0.1) is 0 Å². The Hall–Kier alpha value is -13.5. The zero-order valence-corrected chi connectivity index (χ0v) is 64.1. The molecule has 3 aliphatic rings. The second-order valence-electron chi connectivity index (χ2n) is 30.8. The van der Waals surface area contributed by atoms with E-state index in [9.17, 15) is 10.5 Å². The van der Waals surface area contributed by atoms with Crippen LogP contribution in [-0.2, 0) is 16.2 Å². The highest BCUT2D eigenvalue weighted by molar-refractivity contribution is 9.11. The average Bonchev–Trinajstić information content (AvgIpc) is 1.22. The number of furan rings is 3. The van der Waals surface area contributed by atoms with E-state index < -0.39 is 0 Å². The van der Waals surface area contributed by atoms with Crippen LogP contribution in [0.5, 0.6) is 0 Å². The van der Waals surface area contributed by atoms with Gasteiger partial charge in [-0.1, -0.05) is 268 Å². The Kier molecular flexibility index (Phi) is 14.1. The van der Waals surface area contributed by atoms with Gasteiger partial charge in [0.15, 0.2) is 28.1 Å². The third kappa shape index (κ3) is 9.12. The smallest absolute Gasteiger partial charge is 0.197 e. The number of fused-ring (bicyclic) bond motifs is 18. The molecule has 20 aromatic rings. The molecule has 3 aromatic heterocycles. The van der Waals surface area contributed by atoms with E-state index in [-0.39, 0.29) is 16.2 Å². The molecule has 0 fully saturated rings. The number of nitrogens with one attached hydrogen (secondary N) is 1. The van der Waals surface area contributed by atoms with Crippen LogP contribution in [0.4, 0.5) is 56.9 Å². The molecule has 6 heterocycles. The molecule has 10 nitrogen and oxygen atoms in total. The predicted octanol–water partition coefficient (Wildman–Crippen LogP) is 29.5. The van der Waals surface area contributed by atoms with E-state index in [1.165, 1.54) is 33.0 Å². The van der Waals surface area contributed by atoms with Crippen LogP contribution in [0, 0.1) is 35.8 Å². The second-order valence-corrected chi connectivity index (χ2v) is 32.5. The Balaban J connectivity index is 0.000000140. The topological polar surface area (TPSA) is 114 Å². The number of benzene rings is 17. The molecule has 0 aliphatic carbocycles. The summed E-state index contributed by atoms with van der Waals surface area (Å²) in [6.07, 6.45) is 0. The van der Waals surface area contributed by atoms with Crippen LogP contribution in [0.3, 0.4) is 0 Å². The fraction of sp³-hybridized carbons (Fsp3) is 0.0909. The third-order valence-electron chi connectivity index (χ3n) is 24.1. The first kappa shape index (κ1) is 65.8. The SMILES string of the molecule is CC1(C)c2ccccc2Nc2c1ccc1c2oc2ccccc21.[C-]#[N+]c1cc(Br)c2ccc3c(C#N)cc(Br)c4ccc1c2c43.[C-]#[N+]c1cc(N2c3ccccc3C(C)(C)c3ccc4c(oc5ccccc54)c32)c2ccc3c(C#N)cc(N4c5ccccc5C(C)(C)c5ccc6c(oc7ccccc76)c54)c4ccc1c2c34. The van der Waals surface area contributed by atoms with Gasteiger partial charge in [0.05, 0.1) is 70.5 Å². The van der Waals surface area contributed by atoms with Crippen LogP contribution in [0.25, 0.3) is 140 Å². The third-order valence-corrected chi connectivity index (χ3v) is 25.4. The lowest BCUT2D eigenvalue weighted by molar-refractivity contribution is 0.624. The Morgan fingerprint density at radius 2 is 0.694 bits per heavy atom. The molecule has 0 radical (unpaired) electrons. The zero-order valence-electron chi connectivity index (χ0n) is 60.9. The number of nitriles is 2. The second kappa shape index (κ2) is 23.8. The summed E-state index contributed by atoms with van der Waals surface area (Å²) < 4.78 is 21.7. The van der Waals surface area contributed by atoms with Gasteiger partial charge in [0.1, 0.15) is 16.7 Å². The molecule has 0 unspecified atom stereocenters. The first-order valence-corrected chi connectivity index (χ1v) is 38.5. The lowest BCUT2D eigenvalue weighted by atomic mass is 9.73. The van der Waals surface area contributed by atoms with Gasteiger partial charge in [-0.3, -0.25) is 0 Å². The monoisotopic (exact) mass is 1550 g/mol. The van der Waals surface area contributed by atoms with Crippen molar-refractivity contribution < 1.29 is 13.3 Å². The number of anilines is 8. The molecule has 17 aromatic carbocycles. The summed E-state index contributed by atoms with van der Waals surface area (Å²) in [5, 5.41) is 42.3. The van der Waals surface area contributed by atoms with E-state index in [4.69, 9.17) is 26.4 Å². The summed E-state index contributed by atoms with van der Waals surface area (Å²) >= 11 is 7.13. The minimum absolute atomic E-state index is 0.0512. The zero-order chi connectivity index (χ0) is 75.4. The van der Waals surface area contributed by atoms with Crippen LogP contribution >= 0.6 is 31.9 Å². The normalized spacial score (nSPS) is 14.2. The molecular formula is C99H61Br2N7O3. The number of para-hydroxylation sites is 6. The summed E-state index contributed by atoms with van der Waals surface area (Å²) in [7, 11) is 0. The number of hydrogen-bond donors (Lipinski definition) is 1. The van der Waals surface area contributed by atoms with Crippen molar-refractivity contribution in [2.75, 3.05) is 15.1 Å². The fourth-order valence-corrected chi connectivity index (χ4v) is 20.0. The Bertz CT molecular complexity index is 7350. The number of rotatable bonds is 2. The van der Waals surface area contributed by atoms with Crippen molar-refractivity contribution in [3.8, 4) is 12.1 Å². The van der Waals surface area contributed by atoms with E-state index in [2.05, 4.69) is 292 Å². The summed E-state index contributed by atoms with van der Waals surface area (Å²) in [6, 6.07) is 93.0. The Morgan fingerprint density at radius 1 is 0.333 bits per heavy atom. The van der Waals surface area contributed by atoms with Crippen LogP contribution < -0.4 is 15.1 Å². The summed E-state index contributed by atoms with van der Waals surface area (Å²) in [4.78, 5) is 12.6. The number of nitrogens with zero attached hydrogens (tertiary/aromatic N) is 6. The Morgan fingerprint density at radius 3 is 1.22 bits per heavy atom. The molecule has 0 saturated heterocycles. The molecule has 23 rings (SSSR count). The van der Waals surface area contributed by atoms with Gasteiger partial charge in [-0.25, -0.2) is 9.69 Å². The van der Waals surface area contributed by atoms with Crippen molar-refractivity contribution >= 4 is 219 Å². The van der Waals surface area contributed by atoms with Gasteiger partial charge in [0.25, 0.3) is 0 Å². The molecule has 111 heavy (non-hydrogen) atoms. The van der Waals surface area contributed by atoms with E-state index in [0.29, 0.717) is 22.5 Å². The molecule has 0 bridgehead atoms. The highest BCUT2D eigenvalue weighted by atomic mass is 79.9. The van der Waals surface area contributed by atoms with Crippen LogP contribution in [0.1, 0.15) is 86.1 Å². The quantitative estimate of drug-likeness (QED) is 0.134. The number of halogens is 2. The molecule has 0 atom stereocenters. The number of hydrogen-bond acceptors (Lipinski definition) is 8. The van der Waals surface area contributed by atoms with Crippen molar-refractivity contribution in [1.82, 2.24) is 0 Å². The first-order valence-electron chi connectivity index (χ1n) is 36.9. The van der Waals surface area contributed by atoms with Gasteiger partial charge in [0, 0.05) is 90.4 Å². The minimum Gasteiger partial charge on any atom is -0.454 e. The van der Waals surface area contributed by atoms with E-state index in [1.54, 1.807) is 0 Å². The van der Waals surface area contributed by atoms with Gasteiger partial charge in [-0.05, 0) is 137 Å². The van der Waals surface area contributed by atoms with Crippen LogP contribution in [0.2, 0.25) is 0 Å². The molecule has 524 valence electrons. The van der Waals surface area contributed by atoms with Crippen molar-refractivity contribution in [2.45, 2.75) is 57.8 Å². The summed E-state index contributed by atoms with van der Waals surface area (Å²) in [5.74, 6) is 0. The van der Waals surface area contributed by atoms with Crippen LogP contribution in [0.15, 0.2) is 277 Å². The molecule has 1 N–H and O–H groups in total. The average molecular weight is 1560 g/mol. The van der Waals surface area contributed by atoms with Gasteiger partial charge >= 0.3 is 0 Å². The lowest BCUT2D eigenvalue weighted by Crippen LogP contribution is -2.31. The molecular weight excluding hydrogens is 1490 g/mol. The van der Waals surface area contributed by atoms with Gasteiger partial charge < -0.3 is 28.4 Å². The first-order chi connectivity index (χ1) is 54.0. The van der Waals surface area contributed by atoms with Crippen molar-refractivity contribution in [3.05, 3.63) is 331 Å². The van der Waals surface area contributed by atoms with Crippen molar-refractivity contribution in [2.24, 2.45) is 0 Å². The Labute approximate surface area is 654 Å². The maximum Gasteiger partial charge on any atom is 0.197 e. The maximum atomic E-state index is 11.2. The van der Waals surface area contributed by atoms with E-state index in [0.717, 1.165) is 185 Å². The van der Waals surface area contributed by atoms with Crippen molar-refractivity contribution in [3.63, 3.8) is 0 Å². The summed E-state index contributed by atoms with van der Waals surface area (Å²) in [6.45, 7) is 29.9. The fourth-order valence-electron chi connectivity index (χ4n) is 18.8. The highest BCUT2D eigenvalue weighted by Gasteiger charge is 2.43. The van der Waals surface area contributed by atoms with Gasteiger partial charge in [-0.2, -0.15) is 10.5 Å². The maximum absolute atomic E-state index is 11.2. The summed E-state index contributed by atoms with van der Waals surface area (Å²) in [5.41, 5.74) is 22.0. The highest BCUT2D eigenvalue weighted by Crippen LogP contribution is 2.61. The molecule has 0 saturated carbocycles. The molecule has 3 aliphatic heterocycles. The van der Waals surface area contributed by atoms with Gasteiger partial charge in [0.2, 0.25) is 0 Å². The largest absolute Gasteiger partial charge is 0.454 e. The molecule has 12 heteroatoms. The molecule has 0 spiro atoms. The molecule has 0 amide bonds. The van der Waals surface area contributed by atoms with E-state index >= 15 is 0 Å². The van der Waals surface area contributed by atoms with Crippen molar-refractivity contribution in [1.29, 1.82) is 10.5 Å². The standard InChI is InChI=1S/C60H38N4O2.C21H17NO.C18H6Br2N2/c1-59(2)42-16-8-10-18-47(42)63(55-44(59)28-26-37-35-14-6-12-20-51(35)65-57(37)55)49-30-33(32-61)34-22-24-41-50(31-46(62-5)39-23-25-40(49)53(34)54(39)41)64-48-19-11-9-17-43(48)60(3,4)45-29-27-38-36-15-7-13-21-52(36)66-58(38)56(45)64;1-21(2)15-8-4-5-9-17(15)22-19-16(21)12-11-14-13-7-3-6-10-18(13)23-20(14)19;1-22-16-7-15(20)12-3-2-10-9(8-21)6-14(19)11-4-5-13(16)18(12)17(10)11/h6-31H,1-4H3;3-12,22H,1-2H3;2-7H. The van der Waals surface area contributed by atoms with E-state index in [1.807, 2.05) is 72.8 Å². The predicted molar refractivity (Wildman–Crippen MR) is 461 cm³/mol. The van der Waals surface area contributed by atoms with Crippen LogP contribution in [-0.4, -0.2) is 0 Å².